The molecule has 6 nitrogen and oxygen atoms in total. The third kappa shape index (κ3) is 10.2. The summed E-state index contributed by atoms with van der Waals surface area (Å²) < 4.78 is 11.1. The van der Waals surface area contributed by atoms with Crippen molar-refractivity contribution in [1.82, 2.24) is 15.5 Å². The first-order valence-corrected chi connectivity index (χ1v) is 9.38. The average molecular weight is 476 g/mol. The number of nitrogens with one attached hydrogen (secondary N) is 2. The Bertz CT molecular complexity index is 482. The number of ether oxygens (including phenoxy) is 2. The van der Waals surface area contributed by atoms with Crippen molar-refractivity contribution >= 4 is 29.9 Å². The first kappa shape index (κ1) is 23.0. The molecule has 0 aromatic heterocycles. The number of unbranched alkanes of at least 4 members (excludes halogenated alkanes) is 1. The van der Waals surface area contributed by atoms with Gasteiger partial charge in [-0.05, 0) is 38.4 Å². The summed E-state index contributed by atoms with van der Waals surface area (Å²) in [5.41, 5.74) is 0. The molecule has 0 saturated carbocycles. The van der Waals surface area contributed by atoms with Crippen molar-refractivity contribution in [2.75, 3.05) is 59.1 Å². The second-order valence-electron chi connectivity index (χ2n) is 6.01. The van der Waals surface area contributed by atoms with E-state index in [1.807, 2.05) is 30.3 Å². The van der Waals surface area contributed by atoms with E-state index in [1.54, 1.807) is 0 Å². The van der Waals surface area contributed by atoms with Crippen LogP contribution >= 0.6 is 24.0 Å². The molecule has 0 atom stereocenters. The normalized spacial score (nSPS) is 15.2. The lowest BCUT2D eigenvalue weighted by Crippen LogP contribution is -2.39. The summed E-state index contributed by atoms with van der Waals surface area (Å²) in [5, 5.41) is 6.60. The Labute approximate surface area is 174 Å². The third-order valence-electron chi connectivity index (χ3n) is 4.01. The molecule has 2 N–H and O–H groups in total. The highest BCUT2D eigenvalue weighted by Gasteiger charge is 2.08. The number of guanidine groups is 1. The molecule has 1 fully saturated rings. The lowest BCUT2D eigenvalue weighted by molar-refractivity contribution is 0.0373. The van der Waals surface area contributed by atoms with Crippen molar-refractivity contribution in [3.05, 3.63) is 30.3 Å². The summed E-state index contributed by atoms with van der Waals surface area (Å²) in [6.07, 6.45) is 2.29. The van der Waals surface area contributed by atoms with Gasteiger partial charge >= 0.3 is 0 Å². The molecule has 1 aromatic rings. The minimum Gasteiger partial charge on any atom is -0.492 e. The van der Waals surface area contributed by atoms with Crippen LogP contribution in [0, 0.1) is 0 Å². The summed E-state index contributed by atoms with van der Waals surface area (Å²) in [6.45, 7) is 10.2. The smallest absolute Gasteiger partial charge is 0.191 e. The van der Waals surface area contributed by atoms with Crippen LogP contribution in [0.25, 0.3) is 0 Å². The second-order valence-corrected chi connectivity index (χ2v) is 6.01. The van der Waals surface area contributed by atoms with Crippen LogP contribution in [0.2, 0.25) is 0 Å². The molecular weight excluding hydrogens is 443 g/mol. The van der Waals surface area contributed by atoms with Gasteiger partial charge < -0.3 is 20.1 Å². The summed E-state index contributed by atoms with van der Waals surface area (Å²) in [6, 6.07) is 9.87. The van der Waals surface area contributed by atoms with Crippen molar-refractivity contribution in [2.45, 2.75) is 19.8 Å². The zero-order valence-electron chi connectivity index (χ0n) is 15.8. The largest absolute Gasteiger partial charge is 0.492 e. The fraction of sp³-hybridized carbons (Fsp3) is 0.632. The Morgan fingerprint density at radius 3 is 2.65 bits per heavy atom. The molecule has 7 heteroatoms. The number of para-hydroxylation sites is 1. The van der Waals surface area contributed by atoms with E-state index in [0.717, 1.165) is 70.6 Å². The molecule has 2 rings (SSSR count). The minimum absolute atomic E-state index is 0. The Morgan fingerprint density at radius 1 is 1.15 bits per heavy atom. The van der Waals surface area contributed by atoms with Crippen molar-refractivity contribution in [3.63, 3.8) is 0 Å². The molecule has 0 aliphatic carbocycles. The zero-order valence-corrected chi connectivity index (χ0v) is 18.1. The molecule has 0 radical (unpaired) electrons. The van der Waals surface area contributed by atoms with Gasteiger partial charge in [0, 0.05) is 26.2 Å². The highest BCUT2D eigenvalue weighted by atomic mass is 127. The number of morpholine rings is 1. The van der Waals surface area contributed by atoms with Crippen molar-refractivity contribution in [2.24, 2.45) is 4.99 Å². The fourth-order valence-electron chi connectivity index (χ4n) is 2.66. The number of halogens is 1. The lowest BCUT2D eigenvalue weighted by Gasteiger charge is -2.26. The van der Waals surface area contributed by atoms with E-state index in [-0.39, 0.29) is 24.0 Å². The number of hydrogen-bond acceptors (Lipinski definition) is 4. The maximum Gasteiger partial charge on any atom is 0.191 e. The van der Waals surface area contributed by atoms with E-state index in [9.17, 15) is 0 Å². The molecular formula is C19H33IN4O2. The van der Waals surface area contributed by atoms with E-state index in [1.165, 1.54) is 6.42 Å². The summed E-state index contributed by atoms with van der Waals surface area (Å²) in [4.78, 5) is 7.11. The van der Waals surface area contributed by atoms with E-state index in [4.69, 9.17) is 9.47 Å². The van der Waals surface area contributed by atoms with Crippen LogP contribution in [0.1, 0.15) is 19.8 Å². The van der Waals surface area contributed by atoms with Crippen molar-refractivity contribution in [3.8, 4) is 5.75 Å². The maximum absolute atomic E-state index is 5.68. The van der Waals surface area contributed by atoms with E-state index in [2.05, 4.69) is 27.4 Å². The monoisotopic (exact) mass is 476 g/mol. The van der Waals surface area contributed by atoms with E-state index >= 15 is 0 Å². The summed E-state index contributed by atoms with van der Waals surface area (Å²) in [5.74, 6) is 1.76. The molecule has 1 heterocycles. The SMILES string of the molecule is CCNC(=NCCCCN1CCOCC1)NCCOc1ccccc1.I. The Morgan fingerprint density at radius 2 is 1.92 bits per heavy atom. The Hall–Kier alpha value is -1.06. The van der Waals surface area contributed by atoms with E-state index < -0.39 is 0 Å². The zero-order chi connectivity index (χ0) is 17.6. The van der Waals surface area contributed by atoms with Gasteiger partial charge in [-0.25, -0.2) is 0 Å². The van der Waals surface area contributed by atoms with E-state index in [0.29, 0.717) is 6.61 Å². The highest BCUT2D eigenvalue weighted by Crippen LogP contribution is 2.07. The van der Waals surface area contributed by atoms with Gasteiger partial charge in [0.05, 0.1) is 19.8 Å². The molecule has 1 aromatic carbocycles. The molecule has 26 heavy (non-hydrogen) atoms. The predicted molar refractivity (Wildman–Crippen MR) is 118 cm³/mol. The summed E-state index contributed by atoms with van der Waals surface area (Å²) in [7, 11) is 0. The maximum atomic E-state index is 5.68. The van der Waals surface area contributed by atoms with Crippen LogP contribution in [0.5, 0.6) is 5.75 Å². The number of benzene rings is 1. The van der Waals surface area contributed by atoms with Gasteiger partial charge in [0.2, 0.25) is 0 Å². The van der Waals surface area contributed by atoms with Crippen LogP contribution in [0.3, 0.4) is 0 Å². The number of nitrogens with zero attached hydrogens (tertiary/aromatic N) is 2. The minimum atomic E-state index is 0. The summed E-state index contributed by atoms with van der Waals surface area (Å²) >= 11 is 0. The molecule has 1 aliphatic heterocycles. The topological polar surface area (TPSA) is 58.1 Å². The van der Waals surface area contributed by atoms with Gasteiger partial charge in [-0.3, -0.25) is 9.89 Å². The van der Waals surface area contributed by atoms with Crippen molar-refractivity contribution < 1.29 is 9.47 Å². The molecule has 0 spiro atoms. The van der Waals surface area contributed by atoms with Crippen LogP contribution in [0.4, 0.5) is 0 Å². The number of rotatable bonds is 10. The Balaban J connectivity index is 0.00000338. The van der Waals surface area contributed by atoms with Gasteiger partial charge in [-0.15, -0.1) is 24.0 Å². The molecule has 148 valence electrons. The van der Waals surface area contributed by atoms with Gasteiger partial charge in [0.1, 0.15) is 12.4 Å². The molecule has 0 amide bonds. The molecule has 1 saturated heterocycles. The van der Waals surface area contributed by atoms with Crippen LogP contribution in [-0.4, -0.2) is 69.9 Å². The van der Waals surface area contributed by atoms with Crippen LogP contribution < -0.4 is 15.4 Å². The second kappa shape index (κ2) is 15.0. The lowest BCUT2D eigenvalue weighted by atomic mass is 10.3. The average Bonchev–Trinajstić information content (AvgIpc) is 2.66. The quantitative estimate of drug-likeness (QED) is 0.235. The molecule has 0 unspecified atom stereocenters. The van der Waals surface area contributed by atoms with Gasteiger partial charge in [0.15, 0.2) is 5.96 Å². The fourth-order valence-corrected chi connectivity index (χ4v) is 2.66. The standard InChI is InChI=1S/C19H32N4O2.HI/c1-2-20-19(22-11-15-25-18-8-4-3-5-9-18)21-10-6-7-12-23-13-16-24-17-14-23;/h3-5,8-9H,2,6-7,10-17H2,1H3,(H2,20,21,22);1H. The Kier molecular flexibility index (Phi) is 13.3. The van der Waals surface area contributed by atoms with Crippen molar-refractivity contribution in [1.29, 1.82) is 0 Å². The first-order valence-electron chi connectivity index (χ1n) is 9.38. The van der Waals surface area contributed by atoms with Crippen LogP contribution in [0.15, 0.2) is 35.3 Å². The molecule has 1 aliphatic rings. The first-order chi connectivity index (χ1) is 12.4. The van der Waals surface area contributed by atoms with Gasteiger partial charge in [0.25, 0.3) is 0 Å². The highest BCUT2D eigenvalue weighted by molar-refractivity contribution is 14.0. The molecule has 0 bridgehead atoms. The number of aliphatic imine (C=N–C) groups is 1. The predicted octanol–water partition coefficient (Wildman–Crippen LogP) is 2.35. The number of hydrogen-bond donors (Lipinski definition) is 2. The van der Waals surface area contributed by atoms with Gasteiger partial charge in [-0.2, -0.15) is 0 Å². The van der Waals surface area contributed by atoms with Crippen LogP contribution in [-0.2, 0) is 4.74 Å². The van der Waals surface area contributed by atoms with Gasteiger partial charge in [-0.1, -0.05) is 18.2 Å². The third-order valence-corrected chi connectivity index (χ3v) is 4.01.